The van der Waals surface area contributed by atoms with E-state index >= 15 is 0 Å². The number of primary amides is 1. The summed E-state index contributed by atoms with van der Waals surface area (Å²) in [5.41, 5.74) is 7.53. The molecule has 2 N–H and O–H groups in total. The topological polar surface area (TPSA) is 52.3 Å². The molecule has 2 aromatic carbocycles. The molecule has 3 nitrogen and oxygen atoms in total. The minimum Gasteiger partial charge on any atom is -0.457 e. The quantitative estimate of drug-likeness (QED) is 0.851. The molecule has 0 saturated carbocycles. The van der Waals surface area contributed by atoms with Crippen LogP contribution in [-0.4, -0.2) is 5.91 Å². The van der Waals surface area contributed by atoms with Crippen molar-refractivity contribution in [2.75, 3.05) is 0 Å². The summed E-state index contributed by atoms with van der Waals surface area (Å²) in [6.07, 6.45) is 0. The summed E-state index contributed by atoms with van der Waals surface area (Å²) in [6, 6.07) is 14.7. The Balaban J connectivity index is 2.31. The largest absolute Gasteiger partial charge is 0.457 e. The number of carbonyl (C=O) groups excluding carboxylic acids is 1. The van der Waals surface area contributed by atoms with E-state index in [1.165, 1.54) is 0 Å². The van der Waals surface area contributed by atoms with Gasteiger partial charge in [0.25, 0.3) is 5.91 Å². The molecule has 19 heavy (non-hydrogen) atoms. The molecule has 0 spiro atoms. The third-order valence-electron chi connectivity index (χ3n) is 2.73. The first-order valence-corrected chi connectivity index (χ1v) is 5.90. The van der Waals surface area contributed by atoms with E-state index in [-0.39, 0.29) is 0 Å². The lowest BCUT2D eigenvalue weighted by molar-refractivity contribution is 0.0998. The number of nitrogens with two attached hydrogens (primary N) is 1. The Morgan fingerprint density at radius 3 is 2.47 bits per heavy atom. The first-order valence-electron chi connectivity index (χ1n) is 5.90. The van der Waals surface area contributed by atoms with Crippen molar-refractivity contribution < 1.29 is 9.53 Å². The maximum atomic E-state index is 11.4. The van der Waals surface area contributed by atoms with E-state index in [0.717, 1.165) is 11.1 Å². The summed E-state index contributed by atoms with van der Waals surface area (Å²) < 4.78 is 5.68. The van der Waals surface area contributed by atoms with Crippen molar-refractivity contribution in [3.8, 4) is 5.75 Å². The van der Waals surface area contributed by atoms with E-state index in [4.69, 9.17) is 10.5 Å². The third kappa shape index (κ3) is 3.01. The van der Waals surface area contributed by atoms with Crippen LogP contribution in [0.25, 0.3) is 5.76 Å². The van der Waals surface area contributed by atoms with Crippen molar-refractivity contribution in [3.05, 3.63) is 71.8 Å². The number of ether oxygens (including phenoxy) is 1. The average molecular weight is 253 g/mol. The van der Waals surface area contributed by atoms with Crippen LogP contribution in [0.15, 0.2) is 55.1 Å². The summed E-state index contributed by atoms with van der Waals surface area (Å²) in [5, 5.41) is 0. The van der Waals surface area contributed by atoms with Crippen molar-refractivity contribution in [2.45, 2.75) is 6.92 Å². The first-order chi connectivity index (χ1) is 9.08. The molecule has 0 heterocycles. The van der Waals surface area contributed by atoms with Crippen molar-refractivity contribution >= 4 is 11.7 Å². The Bertz CT molecular complexity index is 618. The molecule has 0 unspecified atom stereocenters. The summed E-state index contributed by atoms with van der Waals surface area (Å²) in [4.78, 5) is 11.4. The van der Waals surface area contributed by atoms with Gasteiger partial charge in [-0.15, -0.1) is 0 Å². The Morgan fingerprint density at radius 2 is 1.84 bits per heavy atom. The highest BCUT2D eigenvalue weighted by Crippen LogP contribution is 2.25. The van der Waals surface area contributed by atoms with Gasteiger partial charge in [-0.25, -0.2) is 0 Å². The highest BCUT2D eigenvalue weighted by atomic mass is 16.5. The molecule has 0 fully saturated rings. The maximum absolute atomic E-state index is 11.4. The van der Waals surface area contributed by atoms with Gasteiger partial charge in [-0.3, -0.25) is 4.79 Å². The summed E-state index contributed by atoms with van der Waals surface area (Å²) in [7, 11) is 0. The standard InChI is InChI=1S/C16H15NO2/c1-11-8-9-14(16(17)18)15(10-11)19-12(2)13-6-4-3-5-7-13/h3-10H,2H2,1H3,(H2,17,18). The lowest BCUT2D eigenvalue weighted by Gasteiger charge is -2.12. The van der Waals surface area contributed by atoms with E-state index in [2.05, 4.69) is 6.58 Å². The fourth-order valence-corrected chi connectivity index (χ4v) is 1.73. The Morgan fingerprint density at radius 1 is 1.16 bits per heavy atom. The van der Waals surface area contributed by atoms with Crippen LogP contribution in [0.2, 0.25) is 0 Å². The van der Waals surface area contributed by atoms with Crippen LogP contribution in [0, 0.1) is 6.92 Å². The molecule has 0 aliphatic rings. The van der Waals surface area contributed by atoms with Crippen LogP contribution in [0.5, 0.6) is 5.75 Å². The molecule has 0 atom stereocenters. The molecule has 2 aromatic rings. The number of hydrogen-bond acceptors (Lipinski definition) is 2. The fraction of sp³-hybridized carbons (Fsp3) is 0.0625. The fourth-order valence-electron chi connectivity index (χ4n) is 1.73. The van der Waals surface area contributed by atoms with Crippen molar-refractivity contribution in [1.29, 1.82) is 0 Å². The molecule has 0 bridgehead atoms. The zero-order valence-corrected chi connectivity index (χ0v) is 10.7. The molecular weight excluding hydrogens is 238 g/mol. The van der Waals surface area contributed by atoms with Crippen LogP contribution in [0.3, 0.4) is 0 Å². The third-order valence-corrected chi connectivity index (χ3v) is 2.73. The van der Waals surface area contributed by atoms with Crippen LogP contribution < -0.4 is 10.5 Å². The smallest absolute Gasteiger partial charge is 0.252 e. The normalized spacial score (nSPS) is 9.95. The van der Waals surface area contributed by atoms with Gasteiger partial charge in [0.15, 0.2) is 0 Å². The number of rotatable bonds is 4. The second-order valence-electron chi connectivity index (χ2n) is 4.26. The number of amides is 1. The monoisotopic (exact) mass is 253 g/mol. The Kier molecular flexibility index (Phi) is 3.66. The molecule has 1 amide bonds. The molecule has 0 aliphatic carbocycles. The number of aryl methyl sites for hydroxylation is 1. The lowest BCUT2D eigenvalue weighted by Crippen LogP contribution is -2.12. The Hall–Kier alpha value is -2.55. The molecule has 3 heteroatoms. The van der Waals surface area contributed by atoms with Gasteiger partial charge in [-0.1, -0.05) is 43.0 Å². The van der Waals surface area contributed by atoms with E-state index in [9.17, 15) is 4.79 Å². The van der Waals surface area contributed by atoms with Crippen LogP contribution >= 0.6 is 0 Å². The molecule has 0 saturated heterocycles. The van der Waals surface area contributed by atoms with E-state index in [1.54, 1.807) is 12.1 Å². The number of benzene rings is 2. The summed E-state index contributed by atoms with van der Waals surface area (Å²) >= 11 is 0. The number of carbonyl (C=O) groups is 1. The second kappa shape index (κ2) is 5.40. The highest BCUT2D eigenvalue weighted by Gasteiger charge is 2.11. The van der Waals surface area contributed by atoms with E-state index in [0.29, 0.717) is 17.1 Å². The number of hydrogen-bond donors (Lipinski definition) is 1. The van der Waals surface area contributed by atoms with Crippen LogP contribution in [0.1, 0.15) is 21.5 Å². The minimum atomic E-state index is -0.518. The van der Waals surface area contributed by atoms with Gasteiger partial charge in [0, 0.05) is 5.56 Å². The first kappa shape index (κ1) is 12.9. The van der Waals surface area contributed by atoms with Gasteiger partial charge in [0.1, 0.15) is 11.5 Å². The van der Waals surface area contributed by atoms with Gasteiger partial charge in [-0.05, 0) is 24.6 Å². The van der Waals surface area contributed by atoms with Crippen molar-refractivity contribution in [1.82, 2.24) is 0 Å². The molecule has 0 aromatic heterocycles. The SMILES string of the molecule is C=C(Oc1cc(C)ccc1C(N)=O)c1ccccc1. The molecule has 96 valence electrons. The van der Waals surface area contributed by atoms with Crippen molar-refractivity contribution in [3.63, 3.8) is 0 Å². The minimum absolute atomic E-state index is 0.350. The second-order valence-corrected chi connectivity index (χ2v) is 4.26. The molecule has 2 rings (SSSR count). The molecule has 0 radical (unpaired) electrons. The maximum Gasteiger partial charge on any atom is 0.252 e. The average Bonchev–Trinajstić information content (AvgIpc) is 2.39. The van der Waals surface area contributed by atoms with E-state index < -0.39 is 5.91 Å². The predicted molar refractivity (Wildman–Crippen MR) is 75.8 cm³/mol. The van der Waals surface area contributed by atoms with Gasteiger partial charge >= 0.3 is 0 Å². The Labute approximate surface area is 112 Å². The van der Waals surface area contributed by atoms with Crippen LogP contribution in [-0.2, 0) is 0 Å². The zero-order chi connectivity index (χ0) is 13.8. The lowest BCUT2D eigenvalue weighted by atomic mass is 10.1. The van der Waals surface area contributed by atoms with Gasteiger partial charge in [0.05, 0.1) is 5.56 Å². The van der Waals surface area contributed by atoms with E-state index in [1.807, 2.05) is 43.3 Å². The van der Waals surface area contributed by atoms with Crippen LogP contribution in [0.4, 0.5) is 0 Å². The van der Waals surface area contributed by atoms with Gasteiger partial charge in [-0.2, -0.15) is 0 Å². The van der Waals surface area contributed by atoms with Crippen molar-refractivity contribution in [2.24, 2.45) is 5.73 Å². The zero-order valence-electron chi connectivity index (χ0n) is 10.7. The molecular formula is C16H15NO2. The van der Waals surface area contributed by atoms with Gasteiger partial charge < -0.3 is 10.5 Å². The highest BCUT2D eigenvalue weighted by molar-refractivity contribution is 5.96. The molecule has 0 aliphatic heterocycles. The summed E-state index contributed by atoms with van der Waals surface area (Å²) in [5.74, 6) is 0.394. The predicted octanol–water partition coefficient (Wildman–Crippen LogP) is 3.14. The van der Waals surface area contributed by atoms with Gasteiger partial charge in [0.2, 0.25) is 0 Å². The summed E-state index contributed by atoms with van der Waals surface area (Å²) in [6.45, 7) is 5.80.